The molecule has 1 saturated heterocycles. The molecule has 0 amide bonds. The lowest BCUT2D eigenvalue weighted by Gasteiger charge is -2.44. The van der Waals surface area contributed by atoms with Gasteiger partial charge in [-0.1, -0.05) is 33.3 Å². The Hall–Kier alpha value is -0.380. The summed E-state index contributed by atoms with van der Waals surface area (Å²) in [7, 11) is 0. The predicted octanol–water partition coefficient (Wildman–Crippen LogP) is 4.05. The minimum absolute atomic E-state index is 0.631. The van der Waals surface area contributed by atoms with Crippen molar-refractivity contribution in [2.24, 2.45) is 0 Å². The monoisotopic (exact) mass is 280 g/mol. The molecule has 2 rings (SSSR count). The zero-order chi connectivity index (χ0) is 13.7. The van der Waals surface area contributed by atoms with Gasteiger partial charge in [-0.25, -0.2) is 0 Å². The molecule has 1 aromatic rings. The summed E-state index contributed by atoms with van der Waals surface area (Å²) in [6, 6.07) is 6.51. The quantitative estimate of drug-likeness (QED) is 0.845. The van der Waals surface area contributed by atoms with Crippen LogP contribution in [-0.2, 0) is 0 Å². The van der Waals surface area contributed by atoms with Crippen molar-refractivity contribution in [3.05, 3.63) is 22.4 Å². The molecule has 3 atom stereocenters. The molecule has 0 radical (unpaired) electrons. The van der Waals surface area contributed by atoms with Gasteiger partial charge in [-0.3, -0.25) is 4.90 Å². The van der Waals surface area contributed by atoms with Crippen LogP contribution in [0.3, 0.4) is 0 Å². The van der Waals surface area contributed by atoms with E-state index in [1.165, 1.54) is 32.2 Å². The first-order chi connectivity index (χ1) is 9.30. The fourth-order valence-electron chi connectivity index (χ4n) is 3.15. The highest BCUT2D eigenvalue weighted by Gasteiger charge is 2.31. The van der Waals surface area contributed by atoms with Gasteiger partial charge in [0.15, 0.2) is 0 Å². The van der Waals surface area contributed by atoms with Crippen LogP contribution < -0.4 is 5.32 Å². The molecule has 1 aromatic heterocycles. The van der Waals surface area contributed by atoms with Gasteiger partial charge in [-0.15, -0.1) is 11.3 Å². The van der Waals surface area contributed by atoms with Crippen molar-refractivity contribution in [2.75, 3.05) is 13.1 Å². The largest absolute Gasteiger partial charge is 0.311 e. The van der Waals surface area contributed by atoms with E-state index in [2.05, 4.69) is 48.5 Å². The maximum atomic E-state index is 3.70. The Morgan fingerprint density at radius 2 is 2.21 bits per heavy atom. The van der Waals surface area contributed by atoms with E-state index >= 15 is 0 Å². The Balaban J connectivity index is 2.16. The van der Waals surface area contributed by atoms with Crippen molar-refractivity contribution in [1.82, 2.24) is 10.2 Å². The average Bonchev–Trinajstić information content (AvgIpc) is 2.98. The second kappa shape index (κ2) is 7.41. The van der Waals surface area contributed by atoms with Crippen LogP contribution in [0.15, 0.2) is 17.5 Å². The highest BCUT2D eigenvalue weighted by Crippen LogP contribution is 2.33. The van der Waals surface area contributed by atoms with E-state index in [1.54, 1.807) is 4.88 Å². The van der Waals surface area contributed by atoms with Gasteiger partial charge >= 0.3 is 0 Å². The summed E-state index contributed by atoms with van der Waals surface area (Å²) in [5.41, 5.74) is 0. The highest BCUT2D eigenvalue weighted by atomic mass is 32.1. The summed E-state index contributed by atoms with van der Waals surface area (Å²) in [5, 5.41) is 5.92. The van der Waals surface area contributed by atoms with Crippen LogP contribution in [0.25, 0.3) is 0 Å². The van der Waals surface area contributed by atoms with Crippen molar-refractivity contribution in [3.8, 4) is 0 Å². The van der Waals surface area contributed by atoms with E-state index in [1.807, 2.05) is 11.3 Å². The Morgan fingerprint density at radius 1 is 1.37 bits per heavy atom. The Morgan fingerprint density at radius 3 is 2.79 bits per heavy atom. The third-order valence-corrected chi connectivity index (χ3v) is 5.31. The molecule has 0 spiro atoms. The molecule has 1 N–H and O–H groups in total. The lowest BCUT2D eigenvalue weighted by atomic mass is 9.99. The first-order valence-electron chi connectivity index (χ1n) is 7.82. The Kier molecular flexibility index (Phi) is 5.86. The first-order valence-corrected chi connectivity index (χ1v) is 8.70. The molecule has 0 aromatic carbocycles. The molecule has 2 nitrogen and oxygen atoms in total. The second-order valence-electron chi connectivity index (χ2n) is 5.59. The SMILES string of the molecule is CCCC(c1cccs1)N1CC(CC)NCC1CC. The van der Waals surface area contributed by atoms with Gasteiger partial charge in [-0.05, 0) is 30.7 Å². The minimum Gasteiger partial charge on any atom is -0.311 e. The smallest absolute Gasteiger partial charge is 0.0445 e. The van der Waals surface area contributed by atoms with Crippen LogP contribution in [0.4, 0.5) is 0 Å². The lowest BCUT2D eigenvalue weighted by Crippen LogP contribution is -2.56. The highest BCUT2D eigenvalue weighted by molar-refractivity contribution is 7.10. The summed E-state index contributed by atoms with van der Waals surface area (Å²) in [6.45, 7) is 9.28. The number of rotatable bonds is 6. The zero-order valence-electron chi connectivity index (χ0n) is 12.6. The van der Waals surface area contributed by atoms with E-state index in [9.17, 15) is 0 Å². The van der Waals surface area contributed by atoms with E-state index in [0.29, 0.717) is 18.1 Å². The zero-order valence-corrected chi connectivity index (χ0v) is 13.4. The predicted molar refractivity (Wildman–Crippen MR) is 84.8 cm³/mol. The van der Waals surface area contributed by atoms with Crippen molar-refractivity contribution in [1.29, 1.82) is 0 Å². The Bertz CT molecular complexity index is 350. The van der Waals surface area contributed by atoms with E-state index in [4.69, 9.17) is 0 Å². The number of piperazine rings is 1. The van der Waals surface area contributed by atoms with Crippen LogP contribution in [-0.4, -0.2) is 30.1 Å². The molecule has 108 valence electrons. The molecule has 2 heterocycles. The number of hydrogen-bond acceptors (Lipinski definition) is 3. The van der Waals surface area contributed by atoms with Crippen LogP contribution in [0.5, 0.6) is 0 Å². The number of thiophene rings is 1. The maximum Gasteiger partial charge on any atom is 0.0445 e. The second-order valence-corrected chi connectivity index (χ2v) is 6.57. The van der Waals surface area contributed by atoms with Crippen LogP contribution in [0.2, 0.25) is 0 Å². The van der Waals surface area contributed by atoms with Gasteiger partial charge in [0.25, 0.3) is 0 Å². The molecule has 19 heavy (non-hydrogen) atoms. The number of nitrogens with zero attached hydrogens (tertiary/aromatic N) is 1. The minimum atomic E-state index is 0.631. The third-order valence-electron chi connectivity index (χ3n) is 4.34. The molecule has 1 aliphatic rings. The van der Waals surface area contributed by atoms with Gasteiger partial charge in [0.2, 0.25) is 0 Å². The van der Waals surface area contributed by atoms with Gasteiger partial charge in [0.05, 0.1) is 0 Å². The van der Waals surface area contributed by atoms with Gasteiger partial charge in [-0.2, -0.15) is 0 Å². The molecule has 3 unspecified atom stereocenters. The van der Waals surface area contributed by atoms with Gasteiger partial charge < -0.3 is 5.32 Å². The number of hydrogen-bond donors (Lipinski definition) is 1. The molecule has 1 aliphatic heterocycles. The van der Waals surface area contributed by atoms with Crippen molar-refractivity contribution >= 4 is 11.3 Å². The lowest BCUT2D eigenvalue weighted by molar-refractivity contribution is 0.0737. The first kappa shape index (κ1) is 15.0. The summed E-state index contributed by atoms with van der Waals surface area (Å²) < 4.78 is 0. The maximum absolute atomic E-state index is 3.70. The Labute approximate surface area is 122 Å². The molecular weight excluding hydrogens is 252 g/mol. The summed E-state index contributed by atoms with van der Waals surface area (Å²) in [5.74, 6) is 0. The topological polar surface area (TPSA) is 15.3 Å². The summed E-state index contributed by atoms with van der Waals surface area (Å²) in [4.78, 5) is 4.33. The summed E-state index contributed by atoms with van der Waals surface area (Å²) in [6.07, 6.45) is 5.03. The molecule has 0 aliphatic carbocycles. The molecule has 0 bridgehead atoms. The molecule has 3 heteroatoms. The van der Waals surface area contributed by atoms with E-state index < -0.39 is 0 Å². The standard InChI is InChI=1S/C16H28N2S/c1-4-8-15(16-9-7-10-19-16)18-12-13(5-2)17-11-14(18)6-3/h7,9-10,13-15,17H,4-6,8,11-12H2,1-3H3. The fraction of sp³-hybridized carbons (Fsp3) is 0.750. The van der Waals surface area contributed by atoms with Crippen LogP contribution in [0, 0.1) is 0 Å². The van der Waals surface area contributed by atoms with Crippen LogP contribution >= 0.6 is 11.3 Å². The van der Waals surface area contributed by atoms with Crippen molar-refractivity contribution < 1.29 is 0 Å². The van der Waals surface area contributed by atoms with Gasteiger partial charge in [0, 0.05) is 36.1 Å². The van der Waals surface area contributed by atoms with Crippen LogP contribution in [0.1, 0.15) is 57.4 Å². The summed E-state index contributed by atoms with van der Waals surface area (Å²) >= 11 is 1.92. The van der Waals surface area contributed by atoms with Gasteiger partial charge in [0.1, 0.15) is 0 Å². The normalized spacial score (nSPS) is 26.5. The molecular formula is C16H28N2S. The average molecular weight is 280 g/mol. The van der Waals surface area contributed by atoms with Crippen molar-refractivity contribution in [2.45, 2.75) is 64.6 Å². The molecule has 1 fully saturated rings. The van der Waals surface area contributed by atoms with E-state index in [-0.39, 0.29) is 0 Å². The third kappa shape index (κ3) is 3.59. The van der Waals surface area contributed by atoms with Crippen molar-refractivity contribution in [3.63, 3.8) is 0 Å². The number of nitrogens with one attached hydrogen (secondary N) is 1. The molecule has 0 saturated carbocycles. The van der Waals surface area contributed by atoms with E-state index in [0.717, 1.165) is 6.54 Å². The fourth-order valence-corrected chi connectivity index (χ4v) is 4.03.